The third-order valence-electron chi connectivity index (χ3n) is 2.93. The van der Waals surface area contributed by atoms with Crippen LogP contribution in [0.15, 0.2) is 22.7 Å². The second-order valence-electron chi connectivity index (χ2n) is 5.13. The Kier molecular flexibility index (Phi) is 8.19. The van der Waals surface area contributed by atoms with E-state index in [2.05, 4.69) is 47.2 Å². The number of ether oxygens (including phenoxy) is 2. The molecule has 1 aromatic rings. The van der Waals surface area contributed by atoms with Gasteiger partial charge in [-0.05, 0) is 45.9 Å². The fourth-order valence-corrected chi connectivity index (χ4v) is 2.24. The molecule has 0 aliphatic rings. The Hall–Kier alpha value is -0.580. The lowest BCUT2D eigenvalue weighted by Crippen LogP contribution is -2.20. The van der Waals surface area contributed by atoms with E-state index in [1.165, 1.54) is 5.56 Å². The molecule has 0 spiro atoms. The van der Waals surface area contributed by atoms with E-state index < -0.39 is 0 Å². The summed E-state index contributed by atoms with van der Waals surface area (Å²) < 4.78 is 12.4. The number of hydrogen-bond donors (Lipinski definition) is 1. The maximum Gasteiger partial charge on any atom is 0.125 e. The summed E-state index contributed by atoms with van der Waals surface area (Å²) in [6.45, 7) is 10.6. The highest BCUT2D eigenvalue weighted by Crippen LogP contribution is 2.28. The number of hydrogen-bond acceptors (Lipinski definition) is 3. The Balaban J connectivity index is 2.64. The first-order valence-electron chi connectivity index (χ1n) is 7.31. The van der Waals surface area contributed by atoms with Crippen molar-refractivity contribution in [3.8, 4) is 5.75 Å². The van der Waals surface area contributed by atoms with E-state index in [0.29, 0.717) is 13.2 Å². The topological polar surface area (TPSA) is 30.5 Å². The standard InChI is InChI=1S/C16H26BrNO2/c1-5-8-18-13(4)15-7-6-14(17)11-16(15)20-10-9-19-12(2)3/h6-7,11-13,18H,5,8-10H2,1-4H3. The van der Waals surface area contributed by atoms with Crippen LogP contribution in [0.5, 0.6) is 5.75 Å². The van der Waals surface area contributed by atoms with Gasteiger partial charge in [-0.1, -0.05) is 28.9 Å². The van der Waals surface area contributed by atoms with Crippen LogP contribution in [0.3, 0.4) is 0 Å². The highest BCUT2D eigenvalue weighted by molar-refractivity contribution is 9.10. The van der Waals surface area contributed by atoms with Crippen molar-refractivity contribution in [1.29, 1.82) is 0 Å². The predicted octanol–water partition coefficient (Wildman–Crippen LogP) is 4.31. The average Bonchev–Trinajstić information content (AvgIpc) is 2.41. The molecule has 4 heteroatoms. The van der Waals surface area contributed by atoms with Gasteiger partial charge in [0.15, 0.2) is 0 Å². The van der Waals surface area contributed by atoms with Crippen molar-refractivity contribution in [2.75, 3.05) is 19.8 Å². The summed E-state index contributed by atoms with van der Waals surface area (Å²) in [6, 6.07) is 6.46. The van der Waals surface area contributed by atoms with Crippen LogP contribution >= 0.6 is 15.9 Å². The van der Waals surface area contributed by atoms with Crippen molar-refractivity contribution in [2.45, 2.75) is 46.3 Å². The molecule has 3 nitrogen and oxygen atoms in total. The monoisotopic (exact) mass is 343 g/mol. The molecule has 0 aliphatic heterocycles. The smallest absolute Gasteiger partial charge is 0.125 e. The highest BCUT2D eigenvalue weighted by atomic mass is 79.9. The van der Waals surface area contributed by atoms with Crippen LogP contribution in [0.25, 0.3) is 0 Å². The molecule has 0 bridgehead atoms. The minimum absolute atomic E-state index is 0.241. The molecule has 1 atom stereocenters. The third kappa shape index (κ3) is 6.25. The van der Waals surface area contributed by atoms with Crippen molar-refractivity contribution in [1.82, 2.24) is 5.32 Å². The van der Waals surface area contributed by atoms with E-state index in [9.17, 15) is 0 Å². The summed E-state index contributed by atoms with van der Waals surface area (Å²) in [7, 11) is 0. The minimum Gasteiger partial charge on any atom is -0.491 e. The summed E-state index contributed by atoms with van der Waals surface area (Å²) >= 11 is 3.50. The van der Waals surface area contributed by atoms with Crippen LogP contribution in [0, 0.1) is 0 Å². The lowest BCUT2D eigenvalue weighted by Gasteiger charge is -2.19. The van der Waals surface area contributed by atoms with Crippen molar-refractivity contribution < 1.29 is 9.47 Å². The SMILES string of the molecule is CCCNC(C)c1ccc(Br)cc1OCCOC(C)C. The average molecular weight is 344 g/mol. The molecule has 1 aromatic carbocycles. The highest BCUT2D eigenvalue weighted by Gasteiger charge is 2.11. The van der Waals surface area contributed by atoms with Gasteiger partial charge in [-0.3, -0.25) is 0 Å². The van der Waals surface area contributed by atoms with E-state index in [1.54, 1.807) is 0 Å². The summed E-state index contributed by atoms with van der Waals surface area (Å²) in [4.78, 5) is 0. The second-order valence-corrected chi connectivity index (χ2v) is 6.04. The zero-order valence-electron chi connectivity index (χ0n) is 12.9. The van der Waals surface area contributed by atoms with Gasteiger partial charge in [0.05, 0.1) is 12.7 Å². The molecule has 0 aromatic heterocycles. The molecule has 0 saturated carbocycles. The molecule has 0 radical (unpaired) electrons. The number of halogens is 1. The van der Waals surface area contributed by atoms with Crippen molar-refractivity contribution in [3.05, 3.63) is 28.2 Å². The normalized spacial score (nSPS) is 12.7. The molecule has 1 N–H and O–H groups in total. The molecule has 0 heterocycles. The lowest BCUT2D eigenvalue weighted by atomic mass is 10.1. The molecule has 0 amide bonds. The van der Waals surface area contributed by atoms with Gasteiger partial charge >= 0.3 is 0 Å². The Morgan fingerprint density at radius 3 is 2.60 bits per heavy atom. The fourth-order valence-electron chi connectivity index (χ4n) is 1.90. The number of nitrogens with one attached hydrogen (secondary N) is 1. The lowest BCUT2D eigenvalue weighted by molar-refractivity contribution is 0.0549. The Labute approximate surface area is 131 Å². The Bertz CT molecular complexity index is 396. The van der Waals surface area contributed by atoms with Crippen LogP contribution < -0.4 is 10.1 Å². The number of rotatable bonds is 9. The van der Waals surface area contributed by atoms with Crippen molar-refractivity contribution in [3.63, 3.8) is 0 Å². The van der Waals surface area contributed by atoms with Gasteiger partial charge in [0, 0.05) is 16.1 Å². The van der Waals surface area contributed by atoms with Gasteiger partial charge in [0.25, 0.3) is 0 Å². The minimum atomic E-state index is 0.241. The third-order valence-corrected chi connectivity index (χ3v) is 3.43. The summed E-state index contributed by atoms with van der Waals surface area (Å²) in [6.07, 6.45) is 1.37. The molecule has 1 unspecified atom stereocenters. The van der Waals surface area contributed by atoms with E-state index >= 15 is 0 Å². The van der Waals surface area contributed by atoms with Gasteiger partial charge in [-0.15, -0.1) is 0 Å². The second kappa shape index (κ2) is 9.37. The maximum atomic E-state index is 5.87. The molecule has 1 rings (SSSR count). The molecule has 0 saturated heterocycles. The van der Waals surface area contributed by atoms with E-state index in [4.69, 9.17) is 9.47 Å². The van der Waals surface area contributed by atoms with E-state index in [-0.39, 0.29) is 12.1 Å². The zero-order valence-corrected chi connectivity index (χ0v) is 14.5. The first-order chi connectivity index (χ1) is 9.54. The van der Waals surface area contributed by atoms with Crippen LogP contribution in [0.1, 0.15) is 45.7 Å². The quantitative estimate of drug-likeness (QED) is 0.677. The summed E-state index contributed by atoms with van der Waals surface area (Å²) in [5.41, 5.74) is 1.19. The predicted molar refractivity (Wildman–Crippen MR) is 87.4 cm³/mol. The molecule has 0 fully saturated rings. The van der Waals surface area contributed by atoms with Crippen LogP contribution in [0.4, 0.5) is 0 Å². The van der Waals surface area contributed by atoms with Gasteiger partial charge < -0.3 is 14.8 Å². The molecule has 114 valence electrons. The van der Waals surface area contributed by atoms with Crippen LogP contribution in [0.2, 0.25) is 0 Å². The van der Waals surface area contributed by atoms with Gasteiger partial charge in [-0.25, -0.2) is 0 Å². The molecular formula is C16H26BrNO2. The number of benzene rings is 1. The van der Waals surface area contributed by atoms with Crippen LogP contribution in [-0.2, 0) is 4.74 Å². The van der Waals surface area contributed by atoms with E-state index in [1.807, 2.05) is 19.9 Å². The zero-order chi connectivity index (χ0) is 15.0. The molecule has 0 aliphatic carbocycles. The summed E-state index contributed by atoms with van der Waals surface area (Å²) in [5.74, 6) is 0.919. The Morgan fingerprint density at radius 1 is 1.20 bits per heavy atom. The Morgan fingerprint density at radius 2 is 1.95 bits per heavy atom. The van der Waals surface area contributed by atoms with E-state index in [0.717, 1.165) is 23.2 Å². The maximum absolute atomic E-state index is 5.87. The van der Waals surface area contributed by atoms with Crippen LogP contribution in [-0.4, -0.2) is 25.9 Å². The van der Waals surface area contributed by atoms with Crippen molar-refractivity contribution in [2.24, 2.45) is 0 Å². The summed E-state index contributed by atoms with van der Waals surface area (Å²) in [5, 5.41) is 3.49. The largest absolute Gasteiger partial charge is 0.491 e. The van der Waals surface area contributed by atoms with Gasteiger partial charge in [0.1, 0.15) is 12.4 Å². The first kappa shape index (κ1) is 17.5. The van der Waals surface area contributed by atoms with Gasteiger partial charge in [0.2, 0.25) is 0 Å². The molecule has 20 heavy (non-hydrogen) atoms. The molecular weight excluding hydrogens is 318 g/mol. The first-order valence-corrected chi connectivity index (χ1v) is 8.11. The van der Waals surface area contributed by atoms with Gasteiger partial charge in [-0.2, -0.15) is 0 Å². The fraction of sp³-hybridized carbons (Fsp3) is 0.625. The van der Waals surface area contributed by atoms with Crippen molar-refractivity contribution >= 4 is 15.9 Å².